The van der Waals surface area contributed by atoms with Gasteiger partial charge in [0.1, 0.15) is 19.8 Å². The highest BCUT2D eigenvalue weighted by atomic mass is 31.2. The van der Waals surface area contributed by atoms with Crippen LogP contribution in [0.4, 0.5) is 0 Å². The van der Waals surface area contributed by atoms with Gasteiger partial charge in [-0.15, -0.1) is 0 Å². The van der Waals surface area contributed by atoms with Gasteiger partial charge in [0.25, 0.3) is 7.82 Å². The summed E-state index contributed by atoms with van der Waals surface area (Å²) in [4.78, 5) is 37.6. The fourth-order valence-corrected chi connectivity index (χ4v) is 6.00. The molecule has 9 nitrogen and oxygen atoms in total. The molecule has 2 atom stereocenters. The van der Waals surface area contributed by atoms with Gasteiger partial charge in [0, 0.05) is 12.8 Å². The first-order chi connectivity index (χ1) is 31.0. The van der Waals surface area contributed by atoms with Crippen molar-refractivity contribution in [3.05, 3.63) is 146 Å². The minimum Gasteiger partial charge on any atom is -0.756 e. The summed E-state index contributed by atoms with van der Waals surface area (Å²) >= 11 is 0. The number of phosphoric ester groups is 1. The summed E-state index contributed by atoms with van der Waals surface area (Å²) in [5.41, 5.74) is 0. The monoisotopic (exact) mass is 906 g/mol. The molecule has 0 spiro atoms. The van der Waals surface area contributed by atoms with Crippen molar-refractivity contribution in [1.29, 1.82) is 0 Å². The molecule has 10 heteroatoms. The number of allylic oxidation sites excluding steroid dienone is 24. The van der Waals surface area contributed by atoms with E-state index in [1.165, 1.54) is 0 Å². The third kappa shape index (κ3) is 47.4. The molecule has 0 saturated carbocycles. The van der Waals surface area contributed by atoms with Gasteiger partial charge in [-0.2, -0.15) is 0 Å². The van der Waals surface area contributed by atoms with Crippen molar-refractivity contribution in [1.82, 2.24) is 0 Å². The van der Waals surface area contributed by atoms with Crippen LogP contribution in [-0.2, 0) is 32.7 Å². The summed E-state index contributed by atoms with van der Waals surface area (Å²) in [6.45, 7) is 3.82. The predicted molar refractivity (Wildman–Crippen MR) is 267 cm³/mol. The van der Waals surface area contributed by atoms with Crippen LogP contribution in [0.1, 0.15) is 129 Å². The molecule has 0 aromatic rings. The number of carbonyl (C=O) groups excluding carboxylic acids is 2. The van der Waals surface area contributed by atoms with E-state index in [0.29, 0.717) is 23.9 Å². The maximum atomic E-state index is 12.7. The van der Waals surface area contributed by atoms with Crippen LogP contribution in [0, 0.1) is 0 Å². The summed E-state index contributed by atoms with van der Waals surface area (Å²) in [5.74, 6) is -1.00. The number of phosphoric acid groups is 1. The smallest absolute Gasteiger partial charge is 0.306 e. The quantitative estimate of drug-likeness (QED) is 0.0196. The van der Waals surface area contributed by atoms with Crippen molar-refractivity contribution in [3.8, 4) is 0 Å². The molecule has 0 aliphatic rings. The van der Waals surface area contributed by atoms with Crippen molar-refractivity contribution in [2.45, 2.75) is 136 Å². The second kappa shape index (κ2) is 44.1. The molecule has 2 unspecified atom stereocenters. The van der Waals surface area contributed by atoms with E-state index in [0.717, 1.165) is 89.9 Å². The Bertz CT molecular complexity index is 1590. The molecule has 0 aromatic carbocycles. The van der Waals surface area contributed by atoms with E-state index < -0.39 is 32.5 Å². The third-order valence-corrected chi connectivity index (χ3v) is 9.83. The van der Waals surface area contributed by atoms with Gasteiger partial charge in [0.2, 0.25) is 0 Å². The first-order valence-corrected chi connectivity index (χ1v) is 25.0. The molecule has 0 aromatic heterocycles. The average molecular weight is 906 g/mol. The molecular weight excluding hydrogens is 822 g/mol. The van der Waals surface area contributed by atoms with E-state index in [1.807, 2.05) is 33.3 Å². The van der Waals surface area contributed by atoms with E-state index in [4.69, 9.17) is 18.5 Å². The fourth-order valence-electron chi connectivity index (χ4n) is 5.27. The van der Waals surface area contributed by atoms with Gasteiger partial charge in [-0.1, -0.05) is 160 Å². The van der Waals surface area contributed by atoms with E-state index in [9.17, 15) is 19.0 Å². The summed E-state index contributed by atoms with van der Waals surface area (Å²) < 4.78 is 33.8. The Morgan fingerprint density at radius 2 is 0.859 bits per heavy atom. The SMILES string of the molecule is CC/C=C\C/C=C\C/C=C\C/C=C\C/C=C\C/C=C\CCCCC(=O)OCC(COP(=O)([O-])OCC[N+](C)(C)C)OC(=O)CC/C=C\C/C=C\C/C=C\C/C=C\C/C=C\C/C=C\CC. The molecule has 0 aliphatic carbocycles. The van der Waals surface area contributed by atoms with Gasteiger partial charge >= 0.3 is 11.9 Å². The molecule has 0 amide bonds. The Morgan fingerprint density at radius 3 is 1.25 bits per heavy atom. The average Bonchev–Trinajstić information content (AvgIpc) is 3.25. The highest BCUT2D eigenvalue weighted by Gasteiger charge is 2.21. The van der Waals surface area contributed by atoms with Crippen LogP contribution in [0.5, 0.6) is 0 Å². The van der Waals surface area contributed by atoms with Crippen molar-refractivity contribution >= 4 is 19.8 Å². The zero-order valence-corrected chi connectivity index (χ0v) is 41.0. The molecule has 0 aliphatic heterocycles. The molecule has 0 N–H and O–H groups in total. The van der Waals surface area contributed by atoms with Crippen molar-refractivity contribution in [3.63, 3.8) is 0 Å². The highest BCUT2D eigenvalue weighted by Crippen LogP contribution is 2.38. The van der Waals surface area contributed by atoms with Crippen LogP contribution in [0.15, 0.2) is 146 Å². The van der Waals surface area contributed by atoms with E-state index in [2.05, 4.69) is 148 Å². The molecule has 0 fully saturated rings. The van der Waals surface area contributed by atoms with Gasteiger partial charge in [0.15, 0.2) is 6.10 Å². The molecule has 0 rings (SSSR count). The summed E-state index contributed by atoms with van der Waals surface area (Å²) in [6, 6.07) is 0. The number of hydrogen-bond acceptors (Lipinski definition) is 8. The Morgan fingerprint density at radius 1 is 0.484 bits per heavy atom. The molecule has 358 valence electrons. The number of ether oxygens (including phenoxy) is 2. The Balaban J connectivity index is 4.56. The van der Waals surface area contributed by atoms with E-state index in [-0.39, 0.29) is 26.1 Å². The third-order valence-electron chi connectivity index (χ3n) is 8.87. The highest BCUT2D eigenvalue weighted by molar-refractivity contribution is 7.45. The maximum Gasteiger partial charge on any atom is 0.306 e. The molecule has 0 radical (unpaired) electrons. The molecular formula is C54H84NO8P. The largest absolute Gasteiger partial charge is 0.756 e. The number of unbranched alkanes of at least 4 members (excludes halogenated alkanes) is 2. The number of hydrogen-bond donors (Lipinski definition) is 0. The van der Waals surface area contributed by atoms with Crippen molar-refractivity contribution < 1.29 is 42.1 Å². The maximum absolute atomic E-state index is 12.7. The van der Waals surface area contributed by atoms with Crippen LogP contribution in [0.3, 0.4) is 0 Å². The van der Waals surface area contributed by atoms with Crippen LogP contribution in [0.25, 0.3) is 0 Å². The number of rotatable bonds is 40. The molecule has 0 heterocycles. The number of esters is 2. The van der Waals surface area contributed by atoms with Gasteiger partial charge in [-0.3, -0.25) is 14.2 Å². The Kier molecular flexibility index (Phi) is 41.3. The van der Waals surface area contributed by atoms with Crippen LogP contribution in [0.2, 0.25) is 0 Å². The zero-order valence-electron chi connectivity index (χ0n) is 40.2. The fraction of sp³-hybridized carbons (Fsp3) is 0.519. The lowest BCUT2D eigenvalue weighted by Crippen LogP contribution is -2.37. The second-order valence-corrected chi connectivity index (χ2v) is 17.4. The number of likely N-dealkylation sites (N-methyl/N-ethyl adjacent to an activating group) is 1. The molecule has 0 saturated heterocycles. The summed E-state index contributed by atoms with van der Waals surface area (Å²) in [6.07, 6.45) is 64.7. The molecule has 0 bridgehead atoms. The first kappa shape index (κ1) is 59.9. The van der Waals surface area contributed by atoms with Crippen molar-refractivity contribution in [2.24, 2.45) is 0 Å². The van der Waals surface area contributed by atoms with E-state index in [1.54, 1.807) is 0 Å². The Hall–Kier alpha value is -4.11. The van der Waals surface area contributed by atoms with Crippen LogP contribution >= 0.6 is 7.82 Å². The van der Waals surface area contributed by atoms with Crippen molar-refractivity contribution in [2.75, 3.05) is 47.5 Å². The lowest BCUT2D eigenvalue weighted by molar-refractivity contribution is -0.870. The number of quaternary nitrogens is 1. The number of carbonyl (C=O) groups is 2. The topological polar surface area (TPSA) is 111 Å². The summed E-state index contributed by atoms with van der Waals surface area (Å²) in [7, 11) is 1.06. The summed E-state index contributed by atoms with van der Waals surface area (Å²) in [5, 5.41) is 0. The van der Waals surface area contributed by atoms with Gasteiger partial charge in [-0.25, -0.2) is 0 Å². The minimum atomic E-state index is -4.67. The predicted octanol–water partition coefficient (Wildman–Crippen LogP) is 13.4. The minimum absolute atomic E-state index is 0.0613. The van der Waals surface area contributed by atoms with Gasteiger partial charge < -0.3 is 27.9 Å². The van der Waals surface area contributed by atoms with Gasteiger partial charge in [0.05, 0.1) is 27.7 Å². The normalized spacial score (nSPS) is 14.8. The number of nitrogens with zero attached hydrogens (tertiary/aromatic N) is 1. The molecule has 64 heavy (non-hydrogen) atoms. The van der Waals surface area contributed by atoms with E-state index >= 15 is 0 Å². The zero-order chi connectivity index (χ0) is 47.1. The first-order valence-electron chi connectivity index (χ1n) is 23.5. The Labute approximate surface area is 389 Å². The van der Waals surface area contributed by atoms with Crippen LogP contribution in [-0.4, -0.2) is 70.0 Å². The van der Waals surface area contributed by atoms with Crippen LogP contribution < -0.4 is 4.89 Å². The standard InChI is InChI=1S/C54H84NO8P/c1-6-8-10-12-14-16-18-20-22-24-26-27-29-30-32-34-36-38-40-42-44-46-53(56)60-50-52(51-62-64(58,59)61-49-48-55(3,4)5)63-54(57)47-45-43-41-39-37-35-33-31-28-25-23-21-19-17-15-13-11-9-7-2/h8-11,14-17,20-23,26-28,30-32,35-38,41,43,52H,6-7,12-13,18-19,24-25,29,33-34,39-40,42,44-51H2,1-5H3/b10-8-,11-9-,16-14-,17-15-,22-20-,23-21-,27-26-,31-28-,32-30-,37-35-,38-36-,43-41-. The van der Waals surface area contributed by atoms with Gasteiger partial charge in [-0.05, 0) is 103 Å². The second-order valence-electron chi connectivity index (χ2n) is 16.0. The lowest BCUT2D eigenvalue weighted by atomic mass is 10.2. The lowest BCUT2D eigenvalue weighted by Gasteiger charge is -2.28.